The van der Waals surface area contributed by atoms with Crippen LogP contribution in [0.15, 0.2) is 60.9 Å². The summed E-state index contributed by atoms with van der Waals surface area (Å²) < 4.78 is 0. The quantitative estimate of drug-likeness (QED) is 0.489. The van der Waals surface area contributed by atoms with E-state index in [-0.39, 0.29) is 17.2 Å². The average Bonchev–Trinajstić information content (AvgIpc) is 3.46. The van der Waals surface area contributed by atoms with E-state index in [1.54, 1.807) is 0 Å². The van der Waals surface area contributed by atoms with E-state index in [1.165, 1.54) is 5.56 Å². The molecule has 0 radical (unpaired) electrons. The molecule has 2 fully saturated rings. The lowest BCUT2D eigenvalue weighted by Crippen LogP contribution is -2.26. The second kappa shape index (κ2) is 8.71. The Labute approximate surface area is 201 Å². The maximum absolute atomic E-state index is 12.5. The monoisotopic (exact) mass is 453 g/mol. The van der Waals surface area contributed by atoms with Crippen molar-refractivity contribution in [3.63, 3.8) is 0 Å². The fourth-order valence-electron chi connectivity index (χ4n) is 5.04. The second-order valence-electron chi connectivity index (χ2n) is 10.3. The summed E-state index contributed by atoms with van der Waals surface area (Å²) >= 11 is 0. The zero-order chi connectivity index (χ0) is 23.9. The number of rotatable bonds is 4. The highest BCUT2D eigenvalue weighted by Gasteiger charge is 2.26. The predicted molar refractivity (Wildman–Crippen MR) is 137 cm³/mol. The van der Waals surface area contributed by atoms with Crippen LogP contribution in [-0.2, 0) is 15.0 Å². The van der Waals surface area contributed by atoms with Crippen molar-refractivity contribution in [1.29, 1.82) is 0 Å². The van der Waals surface area contributed by atoms with Gasteiger partial charge in [0.2, 0.25) is 11.8 Å². The van der Waals surface area contributed by atoms with Gasteiger partial charge in [-0.1, -0.05) is 45.0 Å². The molecule has 0 N–H and O–H groups in total. The molecule has 0 spiro atoms. The Kier molecular flexibility index (Phi) is 5.72. The van der Waals surface area contributed by atoms with Crippen LogP contribution in [0.3, 0.4) is 0 Å². The molecule has 5 rings (SSSR count). The first-order valence-electron chi connectivity index (χ1n) is 12.1. The molecule has 2 aliphatic heterocycles. The van der Waals surface area contributed by atoms with Crippen LogP contribution in [-0.4, -0.2) is 29.9 Å². The maximum atomic E-state index is 12.5. The molecule has 2 amide bonds. The van der Waals surface area contributed by atoms with E-state index < -0.39 is 0 Å². The predicted octanol–water partition coefficient (Wildman–Crippen LogP) is 5.97. The number of hydrogen-bond acceptors (Lipinski definition) is 3. The van der Waals surface area contributed by atoms with Crippen LogP contribution in [0.1, 0.15) is 52.0 Å². The number of pyridine rings is 1. The Morgan fingerprint density at radius 1 is 0.735 bits per heavy atom. The third-order valence-corrected chi connectivity index (χ3v) is 6.83. The molecule has 34 heavy (non-hydrogen) atoms. The number of amides is 2. The number of carbonyl (C=O) groups is 2. The van der Waals surface area contributed by atoms with E-state index in [1.807, 2.05) is 28.3 Å². The van der Waals surface area contributed by atoms with E-state index in [4.69, 9.17) is 0 Å². The molecule has 0 unspecified atom stereocenters. The van der Waals surface area contributed by atoms with Gasteiger partial charge < -0.3 is 9.80 Å². The largest absolute Gasteiger partial charge is 0.312 e. The van der Waals surface area contributed by atoms with E-state index in [0.717, 1.165) is 59.6 Å². The number of anilines is 2. The molecule has 0 aliphatic carbocycles. The van der Waals surface area contributed by atoms with E-state index in [9.17, 15) is 9.59 Å². The summed E-state index contributed by atoms with van der Waals surface area (Å²) in [6.45, 7) is 8.10. The van der Waals surface area contributed by atoms with Gasteiger partial charge in [0.25, 0.3) is 0 Å². The minimum absolute atomic E-state index is 0.0186. The topological polar surface area (TPSA) is 53.5 Å². The van der Waals surface area contributed by atoms with Crippen molar-refractivity contribution in [2.45, 2.75) is 51.9 Å². The molecule has 1 aromatic heterocycles. The van der Waals surface area contributed by atoms with Gasteiger partial charge in [0.1, 0.15) is 0 Å². The molecule has 2 saturated heterocycles. The summed E-state index contributed by atoms with van der Waals surface area (Å²) in [5.41, 5.74) is 7.38. The molecule has 0 atom stereocenters. The molecule has 3 heterocycles. The van der Waals surface area contributed by atoms with Crippen molar-refractivity contribution in [2.24, 2.45) is 0 Å². The third-order valence-electron chi connectivity index (χ3n) is 6.83. The van der Waals surface area contributed by atoms with Gasteiger partial charge >= 0.3 is 0 Å². The SMILES string of the molecule is CC(C)(C)c1ccncc1-c1ccc(-c2cc(N3CCCC3=O)cc(N3CCCC3=O)c2)cc1. The van der Waals surface area contributed by atoms with Crippen molar-refractivity contribution >= 4 is 23.2 Å². The Bertz CT molecular complexity index is 1200. The van der Waals surface area contributed by atoms with Gasteiger partial charge in [0.15, 0.2) is 0 Å². The number of carbonyl (C=O) groups excluding carboxylic acids is 2. The minimum Gasteiger partial charge on any atom is -0.312 e. The van der Waals surface area contributed by atoms with Crippen molar-refractivity contribution in [2.75, 3.05) is 22.9 Å². The van der Waals surface area contributed by atoms with Crippen LogP contribution in [0.4, 0.5) is 11.4 Å². The van der Waals surface area contributed by atoms with Crippen molar-refractivity contribution in [1.82, 2.24) is 4.98 Å². The standard InChI is InChI=1S/C29H31N3O2/c1-29(2,3)26-12-13-30-19-25(26)21-10-8-20(9-11-21)22-16-23(31-14-4-6-27(31)33)18-24(17-22)32-15-5-7-28(32)34/h8-13,16-19H,4-7,14-15H2,1-3H3. The van der Waals surface area contributed by atoms with Gasteiger partial charge in [-0.3, -0.25) is 14.6 Å². The molecule has 2 aromatic carbocycles. The molecule has 5 nitrogen and oxygen atoms in total. The van der Waals surface area contributed by atoms with Crippen molar-refractivity contribution in [3.8, 4) is 22.3 Å². The van der Waals surface area contributed by atoms with Gasteiger partial charge in [-0.2, -0.15) is 0 Å². The summed E-state index contributed by atoms with van der Waals surface area (Å²) in [5.74, 6) is 0.301. The smallest absolute Gasteiger partial charge is 0.227 e. The van der Waals surface area contributed by atoms with Crippen molar-refractivity contribution in [3.05, 3.63) is 66.5 Å². The Morgan fingerprint density at radius 2 is 1.29 bits per heavy atom. The molecule has 2 aliphatic rings. The van der Waals surface area contributed by atoms with Crippen LogP contribution < -0.4 is 9.80 Å². The first-order valence-corrected chi connectivity index (χ1v) is 12.1. The highest BCUT2D eigenvalue weighted by molar-refractivity contribution is 6.00. The van der Waals surface area contributed by atoms with Crippen molar-refractivity contribution < 1.29 is 9.59 Å². The highest BCUT2D eigenvalue weighted by Crippen LogP contribution is 2.37. The molecular formula is C29H31N3O2. The molecule has 174 valence electrons. The molecule has 0 saturated carbocycles. The Morgan fingerprint density at radius 3 is 1.79 bits per heavy atom. The number of aromatic nitrogens is 1. The van der Waals surface area contributed by atoms with Crippen LogP contribution >= 0.6 is 0 Å². The Balaban J connectivity index is 1.55. The van der Waals surface area contributed by atoms with Gasteiger partial charge in [-0.25, -0.2) is 0 Å². The zero-order valence-corrected chi connectivity index (χ0v) is 20.2. The van der Waals surface area contributed by atoms with Gasteiger partial charge in [0.05, 0.1) is 0 Å². The van der Waals surface area contributed by atoms with Crippen LogP contribution in [0.25, 0.3) is 22.3 Å². The molecular weight excluding hydrogens is 422 g/mol. The molecule has 0 bridgehead atoms. The number of benzene rings is 2. The summed E-state index contributed by atoms with van der Waals surface area (Å²) in [7, 11) is 0. The van der Waals surface area contributed by atoms with E-state index in [2.05, 4.69) is 68.2 Å². The first-order chi connectivity index (χ1) is 16.3. The van der Waals surface area contributed by atoms with Gasteiger partial charge in [0, 0.05) is 55.3 Å². The Hall–Kier alpha value is -3.47. The summed E-state index contributed by atoms with van der Waals surface area (Å²) in [4.78, 5) is 33.0. The third kappa shape index (κ3) is 4.23. The van der Waals surface area contributed by atoms with Gasteiger partial charge in [-0.05, 0) is 64.8 Å². The summed E-state index contributed by atoms with van der Waals surface area (Å²) in [6.07, 6.45) is 6.70. The fourth-order valence-corrected chi connectivity index (χ4v) is 5.04. The average molecular weight is 454 g/mol. The summed E-state index contributed by atoms with van der Waals surface area (Å²) in [5, 5.41) is 0. The summed E-state index contributed by atoms with van der Waals surface area (Å²) in [6, 6.07) is 16.8. The normalized spacial score (nSPS) is 16.6. The number of hydrogen-bond donors (Lipinski definition) is 0. The molecule has 3 aromatic rings. The van der Waals surface area contributed by atoms with E-state index in [0.29, 0.717) is 12.8 Å². The number of nitrogens with zero attached hydrogens (tertiary/aromatic N) is 3. The van der Waals surface area contributed by atoms with Crippen LogP contribution in [0, 0.1) is 0 Å². The second-order valence-corrected chi connectivity index (χ2v) is 10.3. The van der Waals surface area contributed by atoms with Gasteiger partial charge in [-0.15, -0.1) is 0 Å². The maximum Gasteiger partial charge on any atom is 0.227 e. The lowest BCUT2D eigenvalue weighted by Gasteiger charge is -2.23. The minimum atomic E-state index is 0.0186. The van der Waals surface area contributed by atoms with Crippen LogP contribution in [0.2, 0.25) is 0 Å². The highest BCUT2D eigenvalue weighted by atomic mass is 16.2. The van der Waals surface area contributed by atoms with Crippen LogP contribution in [0.5, 0.6) is 0 Å². The van der Waals surface area contributed by atoms with E-state index >= 15 is 0 Å². The molecule has 5 heteroatoms. The lowest BCUT2D eigenvalue weighted by molar-refractivity contribution is -0.117. The zero-order valence-electron chi connectivity index (χ0n) is 20.2. The first kappa shape index (κ1) is 22.3. The fraction of sp³-hybridized carbons (Fsp3) is 0.345. The lowest BCUT2D eigenvalue weighted by atomic mass is 9.82.